The van der Waals surface area contributed by atoms with Gasteiger partial charge in [0.1, 0.15) is 0 Å². The van der Waals surface area contributed by atoms with Crippen LogP contribution in [0.15, 0.2) is 72.8 Å². The van der Waals surface area contributed by atoms with E-state index in [2.05, 4.69) is 36.4 Å². The molecule has 1 N–H and O–H groups in total. The average Bonchev–Trinajstić information content (AvgIpc) is 2.98. The van der Waals surface area contributed by atoms with E-state index in [9.17, 15) is 9.59 Å². The second-order valence-corrected chi connectivity index (χ2v) is 8.09. The van der Waals surface area contributed by atoms with Crippen LogP contribution in [0.25, 0.3) is 0 Å². The van der Waals surface area contributed by atoms with Gasteiger partial charge in [-0.15, -0.1) is 0 Å². The number of hydrogen-bond donors (Lipinski definition) is 1. The summed E-state index contributed by atoms with van der Waals surface area (Å²) in [6.07, 6.45) is 4.28. The van der Waals surface area contributed by atoms with Gasteiger partial charge in [-0.2, -0.15) is 0 Å². The Labute approximate surface area is 166 Å². The maximum absolute atomic E-state index is 13.4. The standard InChI is InChI=1S/C24H26N2O2/c1-25(2)15-16-26-23(27)21-19(17-9-5-3-6-10-17)13-14-20(22(21)24(26)28)18-11-7-4-8-12-18/h3-14,19-22H,15-16H2,1-2H3/p+1/t19-,20-,21+,22+/m1/s1. The van der Waals surface area contributed by atoms with E-state index < -0.39 is 0 Å². The fraction of sp³-hybridized carbons (Fsp3) is 0.333. The predicted molar refractivity (Wildman–Crippen MR) is 109 cm³/mol. The minimum absolute atomic E-state index is 0.0182. The molecule has 1 aliphatic heterocycles. The van der Waals surface area contributed by atoms with Gasteiger partial charge in [-0.3, -0.25) is 14.5 Å². The predicted octanol–water partition coefficient (Wildman–Crippen LogP) is 1.87. The number of amides is 2. The molecule has 2 amide bonds. The van der Waals surface area contributed by atoms with Gasteiger partial charge in [0.2, 0.25) is 11.8 Å². The highest BCUT2D eigenvalue weighted by Gasteiger charge is 2.54. The minimum Gasteiger partial charge on any atom is -0.338 e. The molecule has 0 spiro atoms. The summed E-state index contributed by atoms with van der Waals surface area (Å²) < 4.78 is 0. The number of carbonyl (C=O) groups is 2. The van der Waals surface area contributed by atoms with Crippen molar-refractivity contribution in [1.82, 2.24) is 4.90 Å². The maximum Gasteiger partial charge on any atom is 0.234 e. The highest BCUT2D eigenvalue weighted by molar-refractivity contribution is 6.06. The molecule has 1 saturated heterocycles. The maximum atomic E-state index is 13.4. The molecule has 4 heteroatoms. The van der Waals surface area contributed by atoms with Gasteiger partial charge in [-0.25, -0.2) is 0 Å². The van der Waals surface area contributed by atoms with Gasteiger partial charge < -0.3 is 4.90 Å². The van der Waals surface area contributed by atoms with E-state index in [1.807, 2.05) is 50.5 Å². The summed E-state index contributed by atoms with van der Waals surface area (Å²) >= 11 is 0. The smallest absolute Gasteiger partial charge is 0.234 e. The number of benzene rings is 2. The number of hydrogen-bond acceptors (Lipinski definition) is 2. The van der Waals surface area contributed by atoms with Crippen molar-refractivity contribution in [2.45, 2.75) is 11.8 Å². The second-order valence-electron chi connectivity index (χ2n) is 8.09. The first-order valence-corrected chi connectivity index (χ1v) is 10.0. The lowest BCUT2D eigenvalue weighted by molar-refractivity contribution is -0.857. The summed E-state index contributed by atoms with van der Waals surface area (Å²) in [5, 5.41) is 0. The lowest BCUT2D eigenvalue weighted by Crippen LogP contribution is -3.06. The molecular weight excluding hydrogens is 348 g/mol. The minimum atomic E-state index is -0.331. The fourth-order valence-electron chi connectivity index (χ4n) is 4.55. The number of carbonyl (C=O) groups excluding carboxylic acids is 2. The number of likely N-dealkylation sites (tertiary alicyclic amines) is 1. The first kappa shape index (κ1) is 18.6. The van der Waals surface area contributed by atoms with Gasteiger partial charge in [0, 0.05) is 11.8 Å². The first-order valence-electron chi connectivity index (χ1n) is 10.0. The molecule has 2 aliphatic rings. The van der Waals surface area contributed by atoms with Gasteiger partial charge in [-0.05, 0) is 11.1 Å². The molecule has 4 nitrogen and oxygen atoms in total. The van der Waals surface area contributed by atoms with Crippen molar-refractivity contribution in [3.05, 3.63) is 83.9 Å². The van der Waals surface area contributed by atoms with Crippen molar-refractivity contribution in [1.29, 1.82) is 0 Å². The SMILES string of the molecule is C[NH+](C)CCN1C(=O)[C@@H]2[C@@H](C1=O)[C@@H](c1ccccc1)C=C[C@@H]2c1ccccc1. The third kappa shape index (κ3) is 3.29. The summed E-state index contributed by atoms with van der Waals surface area (Å²) in [6, 6.07) is 20.2. The van der Waals surface area contributed by atoms with Crippen LogP contribution in [0, 0.1) is 11.8 Å². The molecule has 4 rings (SSSR count). The van der Waals surface area contributed by atoms with Crippen LogP contribution in [-0.4, -0.2) is 43.9 Å². The molecule has 1 heterocycles. The molecule has 2 aromatic carbocycles. The van der Waals surface area contributed by atoms with E-state index in [1.54, 1.807) is 0 Å². The molecular formula is C24H27N2O2+. The Bertz CT molecular complexity index is 808. The number of rotatable bonds is 5. The molecule has 1 aliphatic carbocycles. The second kappa shape index (κ2) is 7.72. The van der Waals surface area contributed by atoms with Crippen molar-refractivity contribution in [3.63, 3.8) is 0 Å². The third-order valence-corrected chi connectivity index (χ3v) is 5.99. The van der Waals surface area contributed by atoms with Crippen LogP contribution >= 0.6 is 0 Å². The average molecular weight is 375 g/mol. The molecule has 1 fully saturated rings. The number of nitrogens with one attached hydrogen (secondary N) is 1. The zero-order chi connectivity index (χ0) is 19.7. The number of likely N-dealkylation sites (N-methyl/N-ethyl adjacent to an activating group) is 1. The van der Waals surface area contributed by atoms with Gasteiger partial charge >= 0.3 is 0 Å². The van der Waals surface area contributed by atoms with Crippen LogP contribution in [0.3, 0.4) is 0 Å². The summed E-state index contributed by atoms with van der Waals surface area (Å²) in [7, 11) is 4.08. The number of quaternary nitrogens is 1. The third-order valence-electron chi connectivity index (χ3n) is 5.99. The van der Waals surface area contributed by atoms with Crippen LogP contribution in [0.1, 0.15) is 23.0 Å². The number of fused-ring (bicyclic) bond motifs is 1. The van der Waals surface area contributed by atoms with Gasteiger partial charge in [0.25, 0.3) is 0 Å². The van der Waals surface area contributed by atoms with Crippen LogP contribution < -0.4 is 4.90 Å². The molecule has 4 atom stereocenters. The van der Waals surface area contributed by atoms with E-state index in [0.29, 0.717) is 6.54 Å². The lowest BCUT2D eigenvalue weighted by Gasteiger charge is -2.32. The normalized spacial score (nSPS) is 26.8. The van der Waals surface area contributed by atoms with Gasteiger partial charge in [0.15, 0.2) is 0 Å². The first-order chi connectivity index (χ1) is 13.6. The fourth-order valence-corrected chi connectivity index (χ4v) is 4.55. The molecule has 28 heavy (non-hydrogen) atoms. The molecule has 0 radical (unpaired) electrons. The number of imide groups is 1. The van der Waals surface area contributed by atoms with Crippen LogP contribution in [0.5, 0.6) is 0 Å². The topological polar surface area (TPSA) is 41.8 Å². The lowest BCUT2D eigenvalue weighted by atomic mass is 9.68. The van der Waals surface area contributed by atoms with E-state index >= 15 is 0 Å². The zero-order valence-corrected chi connectivity index (χ0v) is 16.4. The Morgan fingerprint density at radius 3 is 1.57 bits per heavy atom. The van der Waals surface area contributed by atoms with Crippen LogP contribution in [0.4, 0.5) is 0 Å². The highest BCUT2D eigenvalue weighted by Crippen LogP contribution is 2.49. The molecule has 0 unspecified atom stereocenters. The van der Waals surface area contributed by atoms with E-state index in [4.69, 9.17) is 0 Å². The Morgan fingerprint density at radius 1 is 0.750 bits per heavy atom. The Hall–Kier alpha value is -2.72. The van der Waals surface area contributed by atoms with E-state index in [-0.39, 0.29) is 35.5 Å². The molecule has 0 bridgehead atoms. The van der Waals surface area contributed by atoms with E-state index in [1.165, 1.54) is 9.80 Å². The quantitative estimate of drug-likeness (QED) is 0.640. The highest BCUT2D eigenvalue weighted by atomic mass is 16.2. The summed E-state index contributed by atoms with van der Waals surface area (Å²) in [5.74, 6) is -0.811. The zero-order valence-electron chi connectivity index (χ0n) is 16.4. The largest absolute Gasteiger partial charge is 0.338 e. The van der Waals surface area contributed by atoms with Crippen molar-refractivity contribution < 1.29 is 14.5 Å². The molecule has 0 saturated carbocycles. The monoisotopic (exact) mass is 375 g/mol. The van der Waals surface area contributed by atoms with Crippen molar-refractivity contribution >= 4 is 11.8 Å². The number of allylic oxidation sites excluding steroid dienone is 2. The summed E-state index contributed by atoms with van der Waals surface area (Å²) in [5.41, 5.74) is 2.20. The molecule has 144 valence electrons. The van der Waals surface area contributed by atoms with Crippen LogP contribution in [-0.2, 0) is 9.59 Å². The molecule has 0 aromatic heterocycles. The summed E-state index contributed by atoms with van der Waals surface area (Å²) in [6.45, 7) is 1.24. The van der Waals surface area contributed by atoms with Crippen molar-refractivity contribution in [2.75, 3.05) is 27.2 Å². The Morgan fingerprint density at radius 2 is 1.18 bits per heavy atom. The van der Waals surface area contributed by atoms with E-state index in [0.717, 1.165) is 17.7 Å². The van der Waals surface area contributed by atoms with Crippen LogP contribution in [0.2, 0.25) is 0 Å². The molecule has 2 aromatic rings. The van der Waals surface area contributed by atoms with Gasteiger partial charge in [0.05, 0.1) is 39.0 Å². The van der Waals surface area contributed by atoms with Crippen molar-refractivity contribution in [3.8, 4) is 0 Å². The number of nitrogens with zero attached hydrogens (tertiary/aromatic N) is 1. The Kier molecular flexibility index (Phi) is 5.14. The van der Waals surface area contributed by atoms with Gasteiger partial charge in [-0.1, -0.05) is 72.8 Å². The summed E-state index contributed by atoms with van der Waals surface area (Å²) in [4.78, 5) is 29.5. The van der Waals surface area contributed by atoms with Crippen molar-refractivity contribution in [2.24, 2.45) is 11.8 Å². The Balaban J connectivity index is 1.75.